The summed E-state index contributed by atoms with van der Waals surface area (Å²) in [5, 5.41) is 8.42. The molecule has 0 amide bonds. The number of aliphatic hydroxyl groups is 1. The first kappa shape index (κ1) is 8.02. The monoisotopic (exact) mass is 143 g/mol. The lowest BCUT2D eigenvalue weighted by atomic mass is 9.98. The first-order valence-electron chi connectivity index (χ1n) is 4.01. The maximum atomic E-state index is 8.42. The highest BCUT2D eigenvalue weighted by molar-refractivity contribution is 4.66. The van der Waals surface area contributed by atoms with Gasteiger partial charge in [-0.1, -0.05) is 19.3 Å². The van der Waals surface area contributed by atoms with Gasteiger partial charge < -0.3 is 9.84 Å². The highest BCUT2D eigenvalue weighted by atomic mass is 16.5. The van der Waals surface area contributed by atoms with Gasteiger partial charge in [0.1, 0.15) is 6.61 Å². The quantitative estimate of drug-likeness (QED) is 0.648. The van der Waals surface area contributed by atoms with Crippen LogP contribution in [-0.4, -0.2) is 17.8 Å². The summed E-state index contributed by atoms with van der Waals surface area (Å²) in [6, 6.07) is 0. The molecule has 2 heteroatoms. The van der Waals surface area contributed by atoms with Gasteiger partial charge in [0.25, 0.3) is 0 Å². The number of ether oxygens (including phenoxy) is 1. The molecule has 0 heterocycles. The summed E-state index contributed by atoms with van der Waals surface area (Å²) in [4.78, 5) is 0. The minimum absolute atomic E-state index is 0.0382. The van der Waals surface area contributed by atoms with Crippen LogP contribution in [0, 0.1) is 6.61 Å². The lowest BCUT2D eigenvalue weighted by Gasteiger charge is -2.20. The van der Waals surface area contributed by atoms with Crippen molar-refractivity contribution in [2.75, 3.05) is 6.61 Å². The average molecular weight is 143 g/mol. The van der Waals surface area contributed by atoms with E-state index in [9.17, 15) is 0 Å². The summed E-state index contributed by atoms with van der Waals surface area (Å²) in [6.07, 6.45) is 6.63. The summed E-state index contributed by atoms with van der Waals surface area (Å²) in [6.45, 7) is 1.53. The molecule has 10 heavy (non-hydrogen) atoms. The van der Waals surface area contributed by atoms with Gasteiger partial charge in [-0.25, -0.2) is 0 Å². The summed E-state index contributed by atoms with van der Waals surface area (Å²) in [7, 11) is 0. The van der Waals surface area contributed by atoms with Crippen molar-refractivity contribution >= 4 is 0 Å². The van der Waals surface area contributed by atoms with Gasteiger partial charge >= 0.3 is 0 Å². The van der Waals surface area contributed by atoms with E-state index in [-0.39, 0.29) is 6.61 Å². The van der Waals surface area contributed by atoms with E-state index in [1.807, 2.05) is 0 Å². The molecule has 0 atom stereocenters. The molecule has 0 aromatic carbocycles. The predicted octanol–water partition coefficient (Wildman–Crippen LogP) is 1.49. The van der Waals surface area contributed by atoms with Crippen molar-refractivity contribution < 1.29 is 9.84 Å². The first-order valence-corrected chi connectivity index (χ1v) is 4.01. The minimum Gasteiger partial charge on any atom is -0.394 e. The second kappa shape index (κ2) is 4.69. The SMILES string of the molecule is OC[CH]OC1CCCCC1. The molecule has 0 aromatic rings. The van der Waals surface area contributed by atoms with E-state index in [0.717, 1.165) is 12.8 Å². The number of hydrogen-bond acceptors (Lipinski definition) is 2. The maximum Gasteiger partial charge on any atom is 0.109 e. The van der Waals surface area contributed by atoms with Crippen LogP contribution in [-0.2, 0) is 4.74 Å². The molecular weight excluding hydrogens is 128 g/mol. The molecule has 0 bridgehead atoms. The lowest BCUT2D eigenvalue weighted by molar-refractivity contribution is 0.0535. The molecule has 1 radical (unpaired) electrons. The van der Waals surface area contributed by atoms with Crippen molar-refractivity contribution in [2.24, 2.45) is 0 Å². The van der Waals surface area contributed by atoms with Crippen molar-refractivity contribution in [3.05, 3.63) is 6.61 Å². The Morgan fingerprint density at radius 1 is 1.30 bits per heavy atom. The molecule has 1 fully saturated rings. The Labute approximate surface area is 62.2 Å². The Kier molecular flexibility index (Phi) is 3.76. The predicted molar refractivity (Wildman–Crippen MR) is 39.3 cm³/mol. The van der Waals surface area contributed by atoms with E-state index < -0.39 is 0 Å². The molecule has 0 unspecified atom stereocenters. The van der Waals surface area contributed by atoms with Gasteiger partial charge in [0.05, 0.1) is 12.7 Å². The third-order valence-electron chi connectivity index (χ3n) is 1.92. The zero-order valence-electron chi connectivity index (χ0n) is 6.25. The van der Waals surface area contributed by atoms with Crippen molar-refractivity contribution in [1.29, 1.82) is 0 Å². The highest BCUT2D eigenvalue weighted by Crippen LogP contribution is 2.20. The second-order valence-corrected chi connectivity index (χ2v) is 2.75. The van der Waals surface area contributed by atoms with Crippen LogP contribution in [0.25, 0.3) is 0 Å². The molecule has 59 valence electrons. The molecule has 0 aliphatic heterocycles. The maximum absolute atomic E-state index is 8.42. The zero-order chi connectivity index (χ0) is 7.23. The van der Waals surface area contributed by atoms with Crippen molar-refractivity contribution in [1.82, 2.24) is 0 Å². The molecule has 0 saturated heterocycles. The summed E-state index contributed by atoms with van der Waals surface area (Å²) < 4.78 is 5.26. The number of rotatable bonds is 3. The van der Waals surface area contributed by atoms with Crippen molar-refractivity contribution in [2.45, 2.75) is 38.2 Å². The third kappa shape index (κ3) is 2.67. The molecule has 0 aromatic heterocycles. The summed E-state index contributed by atoms with van der Waals surface area (Å²) >= 11 is 0. The van der Waals surface area contributed by atoms with Crippen LogP contribution >= 0.6 is 0 Å². The number of hydrogen-bond donors (Lipinski definition) is 1. The van der Waals surface area contributed by atoms with Crippen LogP contribution in [0.3, 0.4) is 0 Å². The molecule has 1 saturated carbocycles. The molecular formula is C8H15O2. The van der Waals surface area contributed by atoms with E-state index in [4.69, 9.17) is 9.84 Å². The average Bonchev–Trinajstić information content (AvgIpc) is 2.03. The summed E-state index contributed by atoms with van der Waals surface area (Å²) in [5.41, 5.74) is 0. The van der Waals surface area contributed by atoms with E-state index in [1.165, 1.54) is 25.9 Å². The van der Waals surface area contributed by atoms with Gasteiger partial charge in [0, 0.05) is 0 Å². The molecule has 1 aliphatic carbocycles. The standard InChI is InChI=1S/C8H15O2/c9-6-7-10-8-4-2-1-3-5-8/h7-9H,1-6H2. The van der Waals surface area contributed by atoms with Crippen LogP contribution in [0.1, 0.15) is 32.1 Å². The molecule has 0 spiro atoms. The Hall–Kier alpha value is -0.0800. The van der Waals surface area contributed by atoms with Crippen molar-refractivity contribution in [3.63, 3.8) is 0 Å². The van der Waals surface area contributed by atoms with Crippen LogP contribution in [0.5, 0.6) is 0 Å². The van der Waals surface area contributed by atoms with Gasteiger partial charge in [0.2, 0.25) is 0 Å². The molecule has 2 nitrogen and oxygen atoms in total. The van der Waals surface area contributed by atoms with Gasteiger partial charge in [0.15, 0.2) is 0 Å². The molecule has 1 N–H and O–H groups in total. The third-order valence-corrected chi connectivity index (χ3v) is 1.92. The zero-order valence-corrected chi connectivity index (χ0v) is 6.25. The van der Waals surface area contributed by atoms with E-state index >= 15 is 0 Å². The topological polar surface area (TPSA) is 29.5 Å². The smallest absolute Gasteiger partial charge is 0.109 e. The van der Waals surface area contributed by atoms with Crippen molar-refractivity contribution in [3.8, 4) is 0 Å². The molecule has 1 aliphatic rings. The Balaban J connectivity index is 2.02. The fourth-order valence-electron chi connectivity index (χ4n) is 1.38. The van der Waals surface area contributed by atoms with Gasteiger partial charge in [-0.05, 0) is 12.8 Å². The molecule has 1 rings (SSSR count). The second-order valence-electron chi connectivity index (χ2n) is 2.75. The van der Waals surface area contributed by atoms with E-state index in [1.54, 1.807) is 0 Å². The van der Waals surface area contributed by atoms with E-state index in [0.29, 0.717) is 6.10 Å². The fourth-order valence-corrected chi connectivity index (χ4v) is 1.38. The van der Waals surface area contributed by atoms with Gasteiger partial charge in [-0.2, -0.15) is 0 Å². The number of aliphatic hydroxyl groups excluding tert-OH is 1. The van der Waals surface area contributed by atoms with Crippen LogP contribution < -0.4 is 0 Å². The van der Waals surface area contributed by atoms with Crippen LogP contribution in [0.15, 0.2) is 0 Å². The first-order chi connectivity index (χ1) is 4.93. The summed E-state index contributed by atoms with van der Waals surface area (Å²) in [5.74, 6) is 0. The Bertz CT molecular complexity index is 77.3. The largest absolute Gasteiger partial charge is 0.394 e. The lowest BCUT2D eigenvalue weighted by Crippen LogP contribution is -2.15. The van der Waals surface area contributed by atoms with Crippen LogP contribution in [0.2, 0.25) is 0 Å². The van der Waals surface area contributed by atoms with Crippen LogP contribution in [0.4, 0.5) is 0 Å². The highest BCUT2D eigenvalue weighted by Gasteiger charge is 2.12. The fraction of sp³-hybridized carbons (Fsp3) is 0.875. The van der Waals surface area contributed by atoms with Gasteiger partial charge in [-0.3, -0.25) is 0 Å². The van der Waals surface area contributed by atoms with E-state index in [2.05, 4.69) is 0 Å². The van der Waals surface area contributed by atoms with Gasteiger partial charge in [-0.15, -0.1) is 0 Å². The Morgan fingerprint density at radius 3 is 2.60 bits per heavy atom. The Morgan fingerprint density at radius 2 is 2.00 bits per heavy atom. The minimum atomic E-state index is 0.0382. The normalized spacial score (nSPS) is 21.3.